The van der Waals surface area contributed by atoms with E-state index in [1.54, 1.807) is 11.7 Å². The fraction of sp³-hybridized carbons (Fsp3) is 0.400. The summed E-state index contributed by atoms with van der Waals surface area (Å²) in [4.78, 5) is 18.8. The van der Waals surface area contributed by atoms with E-state index in [2.05, 4.69) is 37.1 Å². The van der Waals surface area contributed by atoms with Crippen LogP contribution in [0.3, 0.4) is 0 Å². The lowest BCUT2D eigenvalue weighted by Gasteiger charge is -2.35. The Bertz CT molecular complexity index is 1300. The molecule has 1 aliphatic heterocycles. The Morgan fingerprint density at radius 1 is 1.03 bits per heavy atom. The van der Waals surface area contributed by atoms with Gasteiger partial charge in [0, 0.05) is 88.7 Å². The molecule has 1 saturated heterocycles. The Labute approximate surface area is 204 Å². The van der Waals surface area contributed by atoms with Gasteiger partial charge in [-0.1, -0.05) is 0 Å². The predicted octanol–water partition coefficient (Wildman–Crippen LogP) is 2.40. The van der Waals surface area contributed by atoms with Gasteiger partial charge in [-0.2, -0.15) is 10.2 Å². The summed E-state index contributed by atoms with van der Waals surface area (Å²) < 4.78 is 9.12. The van der Waals surface area contributed by atoms with Crippen LogP contribution in [0.4, 0.5) is 5.82 Å². The number of aryl methyl sites for hydroxylation is 1. The molecule has 0 unspecified atom stereocenters. The van der Waals surface area contributed by atoms with E-state index in [1.165, 1.54) is 0 Å². The number of fused-ring (bicyclic) bond motifs is 1. The summed E-state index contributed by atoms with van der Waals surface area (Å²) in [6.07, 6.45) is 11.2. The van der Waals surface area contributed by atoms with Crippen molar-refractivity contribution in [3.8, 4) is 22.5 Å². The maximum absolute atomic E-state index is 5.50. The molecule has 5 heterocycles. The van der Waals surface area contributed by atoms with Crippen molar-refractivity contribution < 1.29 is 4.74 Å². The average Bonchev–Trinajstić information content (AvgIpc) is 3.51. The van der Waals surface area contributed by atoms with Gasteiger partial charge in [0.2, 0.25) is 0 Å². The van der Waals surface area contributed by atoms with E-state index in [1.807, 2.05) is 55.7 Å². The van der Waals surface area contributed by atoms with Crippen LogP contribution in [0.25, 0.3) is 28.0 Å². The van der Waals surface area contributed by atoms with Crippen molar-refractivity contribution in [2.75, 3.05) is 57.9 Å². The second kappa shape index (κ2) is 10.3. The van der Waals surface area contributed by atoms with Crippen molar-refractivity contribution in [1.29, 1.82) is 0 Å². The smallest absolute Gasteiger partial charge is 0.128 e. The van der Waals surface area contributed by atoms with Gasteiger partial charge in [0.1, 0.15) is 11.3 Å². The number of anilines is 1. The van der Waals surface area contributed by atoms with Gasteiger partial charge >= 0.3 is 0 Å². The number of pyridine rings is 1. The van der Waals surface area contributed by atoms with Crippen LogP contribution in [-0.2, 0) is 11.8 Å². The van der Waals surface area contributed by atoms with Crippen LogP contribution in [0.15, 0.2) is 48.1 Å². The quantitative estimate of drug-likeness (QED) is 0.287. The molecule has 0 aromatic carbocycles. The number of rotatable bonds is 8. The summed E-state index contributed by atoms with van der Waals surface area (Å²) in [6, 6.07) is 4.18. The highest BCUT2D eigenvalue weighted by molar-refractivity contribution is 5.95. The van der Waals surface area contributed by atoms with E-state index in [0.717, 1.165) is 85.4 Å². The molecule has 4 aromatic heterocycles. The molecular formula is C25H31N9O. The summed E-state index contributed by atoms with van der Waals surface area (Å²) in [5.41, 5.74) is 5.31. The third kappa shape index (κ3) is 4.94. The number of hydrogen-bond donors (Lipinski definition) is 0. The van der Waals surface area contributed by atoms with Gasteiger partial charge < -0.3 is 9.64 Å². The molecule has 1 aliphatic rings. The lowest BCUT2D eigenvalue weighted by atomic mass is 10.1. The number of piperazine rings is 1. The summed E-state index contributed by atoms with van der Waals surface area (Å²) >= 11 is 0. The van der Waals surface area contributed by atoms with Crippen LogP contribution < -0.4 is 4.90 Å². The van der Waals surface area contributed by atoms with Crippen molar-refractivity contribution in [2.45, 2.75) is 6.92 Å². The monoisotopic (exact) mass is 473 g/mol. The van der Waals surface area contributed by atoms with Crippen molar-refractivity contribution >= 4 is 17.5 Å². The summed E-state index contributed by atoms with van der Waals surface area (Å²) in [6.45, 7) is 8.53. The molecular weight excluding hydrogens is 442 g/mol. The Balaban J connectivity index is 1.42. The first kappa shape index (κ1) is 23.1. The number of ether oxygens (including phenoxy) is 1. The lowest BCUT2D eigenvalue weighted by Crippen LogP contribution is -2.47. The number of aromatic nitrogens is 6. The van der Waals surface area contributed by atoms with Gasteiger partial charge in [-0.05, 0) is 19.1 Å². The molecule has 0 amide bonds. The fourth-order valence-electron chi connectivity index (χ4n) is 4.42. The van der Waals surface area contributed by atoms with Gasteiger partial charge in [0.15, 0.2) is 0 Å². The summed E-state index contributed by atoms with van der Waals surface area (Å²) in [5, 5.41) is 8.85. The molecule has 1 fully saturated rings. The van der Waals surface area contributed by atoms with Crippen LogP contribution in [-0.4, -0.2) is 93.5 Å². The Morgan fingerprint density at radius 2 is 1.89 bits per heavy atom. The Hall–Kier alpha value is -3.63. The SMILES string of the molecule is CCOCCN1CCN(c2ccc(-c3nc(-c4cnn(C)c4)cn4ncc(C=NC)c34)cn2)CC1. The second-order valence-corrected chi connectivity index (χ2v) is 8.59. The van der Waals surface area contributed by atoms with Crippen LogP contribution in [0.2, 0.25) is 0 Å². The first-order valence-electron chi connectivity index (χ1n) is 12.0. The van der Waals surface area contributed by atoms with E-state index in [-0.39, 0.29) is 0 Å². The van der Waals surface area contributed by atoms with Crippen molar-refractivity contribution in [3.63, 3.8) is 0 Å². The molecule has 0 bridgehead atoms. The highest BCUT2D eigenvalue weighted by Crippen LogP contribution is 2.29. The average molecular weight is 474 g/mol. The normalized spacial score (nSPS) is 15.0. The Morgan fingerprint density at radius 3 is 2.57 bits per heavy atom. The van der Waals surface area contributed by atoms with Gasteiger partial charge in [-0.3, -0.25) is 14.6 Å². The molecule has 182 valence electrons. The third-order valence-corrected chi connectivity index (χ3v) is 6.27. The largest absolute Gasteiger partial charge is 0.380 e. The number of hydrogen-bond acceptors (Lipinski definition) is 8. The van der Waals surface area contributed by atoms with Crippen LogP contribution in [0.5, 0.6) is 0 Å². The zero-order valence-corrected chi connectivity index (χ0v) is 20.5. The fourth-order valence-corrected chi connectivity index (χ4v) is 4.42. The second-order valence-electron chi connectivity index (χ2n) is 8.59. The van der Waals surface area contributed by atoms with Gasteiger partial charge in [-0.15, -0.1) is 0 Å². The van der Waals surface area contributed by atoms with Crippen molar-refractivity contribution in [3.05, 3.63) is 48.7 Å². The third-order valence-electron chi connectivity index (χ3n) is 6.27. The first-order valence-corrected chi connectivity index (χ1v) is 12.0. The molecule has 0 N–H and O–H groups in total. The van der Waals surface area contributed by atoms with E-state index >= 15 is 0 Å². The van der Waals surface area contributed by atoms with Crippen LogP contribution in [0.1, 0.15) is 12.5 Å². The van der Waals surface area contributed by atoms with Gasteiger partial charge in [0.05, 0.1) is 36.6 Å². The van der Waals surface area contributed by atoms with Crippen molar-refractivity contribution in [2.24, 2.45) is 12.0 Å². The maximum Gasteiger partial charge on any atom is 0.128 e. The molecule has 10 nitrogen and oxygen atoms in total. The molecule has 0 aliphatic carbocycles. The van der Waals surface area contributed by atoms with Gasteiger partial charge in [-0.25, -0.2) is 14.5 Å². The summed E-state index contributed by atoms with van der Waals surface area (Å²) in [7, 11) is 3.65. The highest BCUT2D eigenvalue weighted by atomic mass is 16.5. The molecule has 0 radical (unpaired) electrons. The van der Waals surface area contributed by atoms with Crippen molar-refractivity contribution in [1.82, 2.24) is 34.3 Å². The minimum absolute atomic E-state index is 0.772. The molecule has 4 aromatic rings. The molecule has 0 spiro atoms. The maximum atomic E-state index is 5.50. The van der Waals surface area contributed by atoms with Crippen LogP contribution >= 0.6 is 0 Å². The van der Waals surface area contributed by atoms with E-state index in [4.69, 9.17) is 14.7 Å². The predicted molar refractivity (Wildman–Crippen MR) is 137 cm³/mol. The van der Waals surface area contributed by atoms with E-state index in [0.29, 0.717) is 0 Å². The highest BCUT2D eigenvalue weighted by Gasteiger charge is 2.19. The molecule has 0 atom stereocenters. The topological polar surface area (TPSA) is 89.0 Å². The zero-order chi connectivity index (χ0) is 24.2. The van der Waals surface area contributed by atoms with E-state index in [9.17, 15) is 0 Å². The first-order chi connectivity index (χ1) is 17.2. The summed E-state index contributed by atoms with van der Waals surface area (Å²) in [5.74, 6) is 0.987. The molecule has 35 heavy (non-hydrogen) atoms. The molecule has 5 rings (SSSR count). The minimum atomic E-state index is 0.772. The minimum Gasteiger partial charge on any atom is -0.380 e. The number of nitrogens with zero attached hydrogens (tertiary/aromatic N) is 9. The van der Waals surface area contributed by atoms with Crippen LogP contribution in [0, 0.1) is 0 Å². The zero-order valence-electron chi connectivity index (χ0n) is 20.5. The standard InChI is InChI=1S/C25H31N9O/c1-4-35-12-11-32-7-9-33(10-8-32)23-6-5-19(14-27-23)24-25-20(13-26-2)15-29-34(25)18-22(30-24)21-16-28-31(3)17-21/h5-6,13-18H,4,7-12H2,1-3H3. The van der Waals surface area contributed by atoms with Gasteiger partial charge in [0.25, 0.3) is 0 Å². The Kier molecular flexibility index (Phi) is 6.82. The lowest BCUT2D eigenvalue weighted by molar-refractivity contribution is 0.111. The molecule has 0 saturated carbocycles. The molecule has 10 heteroatoms. The number of aliphatic imine (C=N–C) groups is 1. The van der Waals surface area contributed by atoms with E-state index < -0.39 is 0 Å².